The number of hydrogen-bond acceptors (Lipinski definition) is 5. The quantitative estimate of drug-likeness (QED) is 0.289. The molecular weight excluding hydrogens is 400 g/mol. The van der Waals surface area contributed by atoms with Crippen molar-refractivity contribution in [3.05, 3.63) is 94.5 Å². The zero-order valence-electron chi connectivity index (χ0n) is 16.6. The highest BCUT2D eigenvalue weighted by Crippen LogP contribution is 2.17. The number of carbonyl (C=O) groups excluding carboxylic acids is 1. The second-order valence-electron chi connectivity index (χ2n) is 6.67. The fraction of sp³-hybridized carbons (Fsp3) is 0.0870. The van der Waals surface area contributed by atoms with Crippen LogP contribution in [-0.2, 0) is 4.79 Å². The van der Waals surface area contributed by atoms with E-state index >= 15 is 0 Å². The molecule has 0 saturated heterocycles. The number of hydrogen-bond donors (Lipinski definition) is 3. The van der Waals surface area contributed by atoms with Gasteiger partial charge in [-0.3, -0.25) is 10.2 Å². The predicted molar refractivity (Wildman–Crippen MR) is 122 cm³/mol. The Morgan fingerprint density at radius 2 is 1.67 bits per heavy atom. The summed E-state index contributed by atoms with van der Waals surface area (Å²) in [6.07, 6.45) is 0. The van der Waals surface area contributed by atoms with Crippen LogP contribution in [-0.4, -0.2) is 22.5 Å². The van der Waals surface area contributed by atoms with E-state index in [0.717, 1.165) is 16.8 Å². The normalized spacial score (nSPS) is 11.8. The van der Waals surface area contributed by atoms with E-state index in [4.69, 9.17) is 11.6 Å². The fourth-order valence-corrected chi connectivity index (χ4v) is 2.96. The Kier molecular flexibility index (Phi) is 6.83. The maximum Gasteiger partial charge on any atom is 0.280 e. The van der Waals surface area contributed by atoms with E-state index in [-0.39, 0.29) is 11.4 Å². The first-order valence-corrected chi connectivity index (χ1v) is 9.61. The van der Waals surface area contributed by atoms with Crippen molar-refractivity contribution in [1.29, 1.82) is 0 Å². The molecule has 3 aromatic carbocycles. The highest BCUT2D eigenvalue weighted by atomic mass is 35.5. The van der Waals surface area contributed by atoms with Crippen LogP contribution in [0.5, 0.6) is 0 Å². The molecule has 0 aliphatic heterocycles. The fourth-order valence-electron chi connectivity index (χ4n) is 2.83. The number of oxime groups is 1. The SMILES string of the molecule is Cc1ccc(NC(=O)C(=N\O)/C(=N\Nc2ccccc2)c2ccc(Cl)cc2)c(C)c1. The first kappa shape index (κ1) is 21.1. The highest BCUT2D eigenvalue weighted by Gasteiger charge is 2.22. The Hall–Kier alpha value is -3.64. The summed E-state index contributed by atoms with van der Waals surface area (Å²) < 4.78 is 0. The van der Waals surface area contributed by atoms with Gasteiger partial charge in [0, 0.05) is 16.3 Å². The summed E-state index contributed by atoms with van der Waals surface area (Å²) in [7, 11) is 0. The van der Waals surface area contributed by atoms with Crippen molar-refractivity contribution in [3.8, 4) is 0 Å². The number of para-hydroxylation sites is 1. The van der Waals surface area contributed by atoms with Gasteiger partial charge in [0.15, 0.2) is 5.71 Å². The third kappa shape index (κ3) is 5.24. The molecule has 3 rings (SSSR count). The van der Waals surface area contributed by atoms with Gasteiger partial charge >= 0.3 is 0 Å². The van der Waals surface area contributed by atoms with Crippen molar-refractivity contribution in [2.24, 2.45) is 10.3 Å². The minimum Gasteiger partial charge on any atom is -0.410 e. The number of anilines is 2. The Morgan fingerprint density at radius 3 is 2.30 bits per heavy atom. The number of aryl methyl sites for hydroxylation is 2. The van der Waals surface area contributed by atoms with Gasteiger partial charge in [-0.05, 0) is 49.7 Å². The lowest BCUT2D eigenvalue weighted by atomic mass is 10.0. The van der Waals surface area contributed by atoms with Crippen LogP contribution in [0.1, 0.15) is 16.7 Å². The van der Waals surface area contributed by atoms with Gasteiger partial charge in [-0.15, -0.1) is 0 Å². The summed E-state index contributed by atoms with van der Waals surface area (Å²) in [5.41, 5.74) is 6.71. The summed E-state index contributed by atoms with van der Waals surface area (Å²) in [6, 6.07) is 21.6. The number of hydrazone groups is 1. The Morgan fingerprint density at radius 1 is 0.967 bits per heavy atom. The van der Waals surface area contributed by atoms with Crippen molar-refractivity contribution < 1.29 is 10.0 Å². The van der Waals surface area contributed by atoms with Crippen molar-refractivity contribution >= 4 is 40.3 Å². The molecule has 0 unspecified atom stereocenters. The minimum absolute atomic E-state index is 0.167. The number of carbonyl (C=O) groups is 1. The standard InChI is InChI=1S/C23H21ClN4O2/c1-15-8-13-20(16(2)14-15)25-23(29)22(28-30)21(17-9-11-18(24)12-10-17)27-26-19-6-4-3-5-7-19/h3-14,26,30H,1-2H3,(H,25,29)/b27-21-,28-22-. The molecule has 1 amide bonds. The summed E-state index contributed by atoms with van der Waals surface area (Å²) in [5, 5.41) is 20.6. The zero-order chi connectivity index (χ0) is 21.5. The molecule has 6 nitrogen and oxygen atoms in total. The summed E-state index contributed by atoms with van der Waals surface area (Å²) in [4.78, 5) is 12.9. The van der Waals surface area contributed by atoms with E-state index in [1.54, 1.807) is 30.3 Å². The number of benzene rings is 3. The number of halogens is 1. The van der Waals surface area contributed by atoms with Crippen molar-refractivity contribution in [3.63, 3.8) is 0 Å². The summed E-state index contributed by atoms with van der Waals surface area (Å²) in [5.74, 6) is -0.590. The smallest absolute Gasteiger partial charge is 0.280 e. The number of nitrogens with one attached hydrogen (secondary N) is 2. The molecule has 0 fully saturated rings. The molecule has 152 valence electrons. The summed E-state index contributed by atoms with van der Waals surface area (Å²) in [6.45, 7) is 3.86. The monoisotopic (exact) mass is 420 g/mol. The van der Waals surface area contributed by atoms with Crippen LogP contribution < -0.4 is 10.7 Å². The van der Waals surface area contributed by atoms with Crippen LogP contribution in [0.3, 0.4) is 0 Å². The van der Waals surface area contributed by atoms with Crippen LogP contribution in [0.15, 0.2) is 83.1 Å². The molecule has 0 bridgehead atoms. The molecule has 0 spiro atoms. The third-order valence-electron chi connectivity index (χ3n) is 4.36. The molecule has 0 aliphatic carbocycles. The van der Waals surface area contributed by atoms with Gasteiger partial charge in [0.2, 0.25) is 0 Å². The number of rotatable bonds is 6. The lowest BCUT2D eigenvalue weighted by molar-refractivity contribution is -0.110. The number of nitrogens with zero attached hydrogens (tertiary/aromatic N) is 2. The Balaban J connectivity index is 1.95. The van der Waals surface area contributed by atoms with Crippen molar-refractivity contribution in [2.75, 3.05) is 10.7 Å². The van der Waals surface area contributed by atoms with E-state index in [2.05, 4.69) is 21.0 Å². The van der Waals surface area contributed by atoms with Gasteiger partial charge in [0.25, 0.3) is 5.91 Å². The van der Waals surface area contributed by atoms with Gasteiger partial charge in [-0.25, -0.2) is 0 Å². The topological polar surface area (TPSA) is 86.1 Å². The maximum absolute atomic E-state index is 12.9. The Labute approximate surface area is 179 Å². The van der Waals surface area contributed by atoms with E-state index in [9.17, 15) is 10.0 Å². The molecule has 0 aliphatic rings. The van der Waals surface area contributed by atoms with Crippen LogP contribution in [0.2, 0.25) is 5.02 Å². The first-order chi connectivity index (χ1) is 14.5. The lowest BCUT2D eigenvalue weighted by Gasteiger charge is -2.12. The van der Waals surface area contributed by atoms with Crippen molar-refractivity contribution in [1.82, 2.24) is 0 Å². The molecular formula is C23H21ClN4O2. The van der Waals surface area contributed by atoms with Crippen LogP contribution in [0, 0.1) is 13.8 Å². The largest absolute Gasteiger partial charge is 0.410 e. The molecule has 7 heteroatoms. The molecule has 0 aromatic heterocycles. The second-order valence-corrected chi connectivity index (χ2v) is 7.10. The lowest BCUT2D eigenvalue weighted by Crippen LogP contribution is -2.31. The third-order valence-corrected chi connectivity index (χ3v) is 4.61. The second kappa shape index (κ2) is 9.71. The van der Waals surface area contributed by atoms with Crippen LogP contribution >= 0.6 is 11.6 Å². The van der Waals surface area contributed by atoms with Crippen LogP contribution in [0.4, 0.5) is 11.4 Å². The minimum atomic E-state index is -0.590. The van der Waals surface area contributed by atoms with Gasteiger partial charge < -0.3 is 10.5 Å². The van der Waals surface area contributed by atoms with Crippen molar-refractivity contribution in [2.45, 2.75) is 13.8 Å². The van der Waals surface area contributed by atoms with Gasteiger partial charge in [0.05, 0.1) is 5.69 Å². The molecule has 3 N–H and O–H groups in total. The van der Waals surface area contributed by atoms with E-state index in [1.807, 2.05) is 56.3 Å². The van der Waals surface area contributed by atoms with E-state index in [1.165, 1.54) is 0 Å². The van der Waals surface area contributed by atoms with Gasteiger partial charge in [-0.1, -0.05) is 64.8 Å². The van der Waals surface area contributed by atoms with Gasteiger partial charge in [0.1, 0.15) is 5.71 Å². The number of amides is 1. The molecule has 0 saturated carbocycles. The highest BCUT2D eigenvalue weighted by molar-refractivity contribution is 6.71. The van der Waals surface area contributed by atoms with E-state index < -0.39 is 5.91 Å². The van der Waals surface area contributed by atoms with E-state index in [0.29, 0.717) is 16.3 Å². The average Bonchev–Trinajstić information content (AvgIpc) is 2.74. The Bertz CT molecular complexity index is 1090. The van der Waals surface area contributed by atoms with Crippen LogP contribution in [0.25, 0.3) is 0 Å². The zero-order valence-corrected chi connectivity index (χ0v) is 17.3. The molecule has 0 atom stereocenters. The predicted octanol–water partition coefficient (Wildman–Crippen LogP) is 5.24. The summed E-state index contributed by atoms with van der Waals surface area (Å²) >= 11 is 5.99. The van der Waals surface area contributed by atoms with Gasteiger partial charge in [-0.2, -0.15) is 5.10 Å². The first-order valence-electron chi connectivity index (χ1n) is 9.23. The average molecular weight is 421 g/mol. The molecule has 0 heterocycles. The molecule has 30 heavy (non-hydrogen) atoms. The maximum atomic E-state index is 12.9. The molecule has 0 radical (unpaired) electrons. The molecule has 3 aromatic rings.